The van der Waals surface area contributed by atoms with Crippen LogP contribution in [0.1, 0.15) is 69.4 Å². The second-order valence-electron chi connectivity index (χ2n) is 11.5. The molecule has 1 aliphatic heterocycles. The van der Waals surface area contributed by atoms with Crippen LogP contribution in [0.25, 0.3) is 0 Å². The molecule has 1 amide bonds. The molecule has 4 rings (SSSR count). The molecule has 1 heterocycles. The Kier molecular flexibility index (Phi) is 9.11. The minimum absolute atomic E-state index is 0.0623. The monoisotopic (exact) mass is 526 g/mol. The maximum absolute atomic E-state index is 15.4. The Morgan fingerprint density at radius 2 is 2.03 bits per heavy atom. The minimum atomic E-state index is -1.26. The van der Waals surface area contributed by atoms with Crippen molar-refractivity contribution < 1.29 is 23.8 Å². The Morgan fingerprint density at radius 1 is 1.24 bits per heavy atom. The number of nitrogens with zero attached hydrogens (tertiary/aromatic N) is 1. The van der Waals surface area contributed by atoms with Crippen LogP contribution in [0.5, 0.6) is 11.5 Å². The molecular formula is C31H43FN2O4. The summed E-state index contributed by atoms with van der Waals surface area (Å²) in [4.78, 5) is 15.3. The number of aryl methyl sites for hydroxylation is 1. The molecule has 0 radical (unpaired) electrons. The normalized spacial score (nSPS) is 25.3. The van der Waals surface area contributed by atoms with Crippen LogP contribution in [0.15, 0.2) is 42.5 Å². The van der Waals surface area contributed by atoms with Crippen molar-refractivity contribution in [3.63, 3.8) is 0 Å². The number of hydrogen-bond acceptors (Lipinski definition) is 5. The summed E-state index contributed by atoms with van der Waals surface area (Å²) in [5.74, 6) is 0.191. The molecule has 1 saturated carbocycles. The zero-order valence-electron chi connectivity index (χ0n) is 23.0. The number of aliphatic hydroxyl groups is 1. The molecule has 208 valence electrons. The molecule has 4 atom stereocenters. The number of hydrogen-bond donors (Lipinski definition) is 2. The average molecular weight is 527 g/mol. The second kappa shape index (κ2) is 12.1. The Labute approximate surface area is 226 Å². The van der Waals surface area contributed by atoms with E-state index in [1.54, 1.807) is 19.2 Å². The van der Waals surface area contributed by atoms with Gasteiger partial charge >= 0.3 is 0 Å². The van der Waals surface area contributed by atoms with Crippen molar-refractivity contribution in [2.75, 3.05) is 26.8 Å². The summed E-state index contributed by atoms with van der Waals surface area (Å²) in [7, 11) is 1.67. The van der Waals surface area contributed by atoms with Crippen molar-refractivity contribution in [2.45, 2.75) is 82.3 Å². The number of para-hydroxylation sites is 1. The van der Waals surface area contributed by atoms with Crippen LogP contribution < -0.4 is 10.5 Å². The van der Waals surface area contributed by atoms with Crippen LogP contribution >= 0.6 is 0 Å². The SMILES string of the molecule is COCCCC[C@@](C)(c1cccc(F)c1Oc1cccc(C)c1)[C@@]1(O)CCCN(C(=O)[C@@H]2CC[C@H](N)C2)C1. The number of methoxy groups -OCH3 is 1. The summed E-state index contributed by atoms with van der Waals surface area (Å²) >= 11 is 0. The fraction of sp³-hybridized carbons (Fsp3) is 0.581. The van der Waals surface area contributed by atoms with Crippen LogP contribution in [-0.2, 0) is 14.9 Å². The average Bonchev–Trinajstić information content (AvgIpc) is 3.33. The van der Waals surface area contributed by atoms with Crippen LogP contribution in [0.2, 0.25) is 0 Å². The van der Waals surface area contributed by atoms with Crippen LogP contribution in [0.3, 0.4) is 0 Å². The molecule has 0 aromatic heterocycles. The summed E-state index contributed by atoms with van der Waals surface area (Å²) in [6, 6.07) is 12.5. The molecule has 7 heteroatoms. The Morgan fingerprint density at radius 3 is 2.74 bits per heavy atom. The lowest BCUT2D eigenvalue weighted by Crippen LogP contribution is -2.61. The van der Waals surface area contributed by atoms with Gasteiger partial charge in [-0.3, -0.25) is 4.79 Å². The number of β-amino-alcohol motifs (C(OH)–C–C–N with tert-alkyl or cyclic N) is 1. The molecule has 1 aliphatic carbocycles. The van der Waals surface area contributed by atoms with Crippen LogP contribution in [0.4, 0.5) is 4.39 Å². The Balaban J connectivity index is 1.70. The van der Waals surface area contributed by atoms with E-state index in [1.165, 1.54) is 6.07 Å². The van der Waals surface area contributed by atoms with E-state index in [0.29, 0.717) is 50.1 Å². The van der Waals surface area contributed by atoms with Gasteiger partial charge < -0.3 is 25.2 Å². The zero-order chi connectivity index (χ0) is 27.3. The highest BCUT2D eigenvalue weighted by Crippen LogP contribution is 2.49. The lowest BCUT2D eigenvalue weighted by atomic mass is 9.62. The van der Waals surface area contributed by atoms with Crippen molar-refractivity contribution in [1.82, 2.24) is 4.90 Å². The predicted octanol–water partition coefficient (Wildman–Crippen LogP) is 5.48. The van der Waals surface area contributed by atoms with Crippen LogP contribution in [0, 0.1) is 18.7 Å². The van der Waals surface area contributed by atoms with Gasteiger partial charge in [-0.15, -0.1) is 0 Å². The van der Waals surface area contributed by atoms with Crippen molar-refractivity contribution >= 4 is 5.91 Å². The first-order valence-corrected chi connectivity index (χ1v) is 14.0. The van der Waals surface area contributed by atoms with E-state index in [1.807, 2.05) is 43.0 Å². The summed E-state index contributed by atoms with van der Waals surface area (Å²) in [5, 5.41) is 12.4. The number of halogens is 1. The molecule has 2 aromatic carbocycles. The summed E-state index contributed by atoms with van der Waals surface area (Å²) in [5.41, 5.74) is 5.60. The number of likely N-dealkylation sites (tertiary alicyclic amines) is 1. The summed E-state index contributed by atoms with van der Waals surface area (Å²) in [6.07, 6.45) is 5.72. The number of carbonyl (C=O) groups excluding carboxylic acids is 1. The molecule has 6 nitrogen and oxygen atoms in total. The first kappa shape index (κ1) is 28.5. The van der Waals surface area contributed by atoms with Gasteiger partial charge in [-0.1, -0.05) is 37.6 Å². The van der Waals surface area contributed by atoms with Gasteiger partial charge in [0, 0.05) is 43.2 Å². The molecule has 0 bridgehead atoms. The lowest BCUT2D eigenvalue weighted by Gasteiger charge is -2.51. The van der Waals surface area contributed by atoms with Crippen molar-refractivity contribution in [1.29, 1.82) is 0 Å². The molecular weight excluding hydrogens is 483 g/mol. The fourth-order valence-corrected chi connectivity index (χ4v) is 6.36. The molecule has 2 aromatic rings. The topological polar surface area (TPSA) is 85.0 Å². The van der Waals surface area contributed by atoms with Gasteiger partial charge in [-0.25, -0.2) is 4.39 Å². The maximum atomic E-state index is 15.4. The highest BCUT2D eigenvalue weighted by molar-refractivity contribution is 5.79. The maximum Gasteiger partial charge on any atom is 0.225 e. The summed E-state index contributed by atoms with van der Waals surface area (Å²) < 4.78 is 26.9. The molecule has 2 aliphatic rings. The van der Waals surface area contributed by atoms with Gasteiger partial charge in [0.15, 0.2) is 11.6 Å². The van der Waals surface area contributed by atoms with E-state index in [2.05, 4.69) is 0 Å². The molecule has 1 saturated heterocycles. The molecule has 0 spiro atoms. The van der Waals surface area contributed by atoms with Gasteiger partial charge in [-0.05, 0) is 75.6 Å². The molecule has 2 fully saturated rings. The van der Waals surface area contributed by atoms with Crippen molar-refractivity contribution in [2.24, 2.45) is 11.7 Å². The lowest BCUT2D eigenvalue weighted by molar-refractivity contribution is -0.148. The number of unbranched alkanes of at least 4 members (excludes halogenated alkanes) is 1. The zero-order valence-corrected chi connectivity index (χ0v) is 23.0. The highest BCUT2D eigenvalue weighted by atomic mass is 19.1. The fourth-order valence-electron chi connectivity index (χ4n) is 6.36. The van der Waals surface area contributed by atoms with E-state index >= 15 is 4.39 Å². The van der Waals surface area contributed by atoms with Gasteiger partial charge in [0.05, 0.1) is 12.1 Å². The van der Waals surface area contributed by atoms with Gasteiger partial charge in [-0.2, -0.15) is 0 Å². The molecule has 0 unspecified atom stereocenters. The standard InChI is InChI=1S/C31H43FN2O4/c1-22-9-6-10-25(19-22)38-28-26(11-7-12-27(28)32)30(2,15-4-5-18-37-3)31(36)16-8-17-34(21-31)29(35)23-13-14-24(33)20-23/h6-7,9-12,19,23-24,36H,4-5,8,13-18,20-21,33H2,1-3H3/t23-,24+,30+,31-/m1/s1. The number of benzene rings is 2. The third-order valence-corrected chi connectivity index (χ3v) is 8.68. The van der Waals surface area contributed by atoms with Gasteiger partial charge in [0.2, 0.25) is 5.91 Å². The smallest absolute Gasteiger partial charge is 0.225 e. The van der Waals surface area contributed by atoms with Crippen LogP contribution in [-0.4, -0.2) is 54.4 Å². The molecule has 38 heavy (non-hydrogen) atoms. The van der Waals surface area contributed by atoms with Crippen molar-refractivity contribution in [3.8, 4) is 11.5 Å². The number of rotatable bonds is 10. The predicted molar refractivity (Wildman–Crippen MR) is 147 cm³/mol. The highest BCUT2D eigenvalue weighted by Gasteiger charge is 2.52. The van der Waals surface area contributed by atoms with E-state index < -0.39 is 16.8 Å². The largest absolute Gasteiger partial charge is 0.454 e. The third kappa shape index (κ3) is 6.05. The third-order valence-electron chi connectivity index (χ3n) is 8.68. The van der Waals surface area contributed by atoms with Gasteiger partial charge in [0.1, 0.15) is 5.75 Å². The number of piperidine rings is 1. The van der Waals surface area contributed by atoms with Crippen molar-refractivity contribution in [3.05, 3.63) is 59.4 Å². The number of nitrogens with two attached hydrogens (primary N) is 1. The van der Waals surface area contributed by atoms with E-state index in [9.17, 15) is 9.90 Å². The quantitative estimate of drug-likeness (QED) is 0.401. The summed E-state index contributed by atoms with van der Waals surface area (Å²) in [6.45, 7) is 5.39. The van der Waals surface area contributed by atoms with E-state index in [-0.39, 0.29) is 30.2 Å². The second-order valence-corrected chi connectivity index (χ2v) is 11.5. The first-order valence-electron chi connectivity index (χ1n) is 14.0. The molecule has 3 N–H and O–H groups in total. The number of carbonyl (C=O) groups is 1. The van der Waals surface area contributed by atoms with E-state index in [0.717, 1.165) is 31.2 Å². The van der Waals surface area contributed by atoms with Gasteiger partial charge in [0.25, 0.3) is 0 Å². The Hall–Kier alpha value is -2.48. The van der Waals surface area contributed by atoms with E-state index in [4.69, 9.17) is 15.2 Å². The number of ether oxygens (including phenoxy) is 2. The first-order chi connectivity index (χ1) is 18.2. The number of amides is 1. The Bertz CT molecular complexity index is 1110. The minimum Gasteiger partial charge on any atom is -0.454 e.